The van der Waals surface area contributed by atoms with Crippen LogP contribution in [0, 0.1) is 18.8 Å². The van der Waals surface area contributed by atoms with Gasteiger partial charge in [-0.1, -0.05) is 32.4 Å². The Kier molecular flexibility index (Phi) is 6.91. The molecule has 0 spiro atoms. The monoisotopic (exact) mass is 319 g/mol. The van der Waals surface area contributed by atoms with Gasteiger partial charge in [0.2, 0.25) is 0 Å². The number of ether oxygens (including phenoxy) is 1. The summed E-state index contributed by atoms with van der Waals surface area (Å²) in [5.74, 6) is 2.36. The maximum atomic E-state index is 10.7. The normalized spacial score (nSPS) is 23.7. The Morgan fingerprint density at radius 3 is 2.61 bits per heavy atom. The van der Waals surface area contributed by atoms with Crippen LogP contribution in [0.15, 0.2) is 18.2 Å². The fourth-order valence-corrected chi connectivity index (χ4v) is 3.71. The Morgan fingerprint density at radius 1 is 1.26 bits per heavy atom. The third-order valence-electron chi connectivity index (χ3n) is 4.65. The Labute approximate surface area is 141 Å². The number of piperidine rings is 1. The largest absolute Gasteiger partial charge is 0.493 e. The van der Waals surface area contributed by atoms with E-state index in [2.05, 4.69) is 44.7 Å². The zero-order valence-corrected chi connectivity index (χ0v) is 15.2. The van der Waals surface area contributed by atoms with Gasteiger partial charge in [-0.2, -0.15) is 0 Å². The summed E-state index contributed by atoms with van der Waals surface area (Å²) in [5.41, 5.74) is 2.11. The molecule has 130 valence electrons. The Bertz CT molecular complexity index is 479. The highest BCUT2D eigenvalue weighted by molar-refractivity contribution is 5.38. The molecule has 0 radical (unpaired) electrons. The molecule has 3 heteroatoms. The zero-order valence-electron chi connectivity index (χ0n) is 15.2. The molecule has 23 heavy (non-hydrogen) atoms. The first kappa shape index (κ1) is 18.3. The Morgan fingerprint density at radius 2 is 1.96 bits per heavy atom. The van der Waals surface area contributed by atoms with E-state index >= 15 is 0 Å². The standard InChI is InChI=1S/C20H33NO2/c1-5-10-23-20-7-6-15(2)12-18(20)19(22)8-9-21-13-16(3)11-17(4)14-21/h6-7,12,16-17,19,22H,5,8-11,13-14H2,1-4H3. The molecule has 0 bridgehead atoms. The van der Waals surface area contributed by atoms with Gasteiger partial charge in [0.15, 0.2) is 0 Å². The molecule has 0 aromatic heterocycles. The first-order chi connectivity index (χ1) is 11.0. The average molecular weight is 319 g/mol. The highest BCUT2D eigenvalue weighted by Crippen LogP contribution is 2.29. The molecule has 0 amide bonds. The van der Waals surface area contributed by atoms with Crippen LogP contribution in [-0.4, -0.2) is 36.2 Å². The quantitative estimate of drug-likeness (QED) is 0.818. The van der Waals surface area contributed by atoms with E-state index in [4.69, 9.17) is 4.74 Å². The summed E-state index contributed by atoms with van der Waals surface area (Å²) in [7, 11) is 0. The van der Waals surface area contributed by atoms with Gasteiger partial charge in [0.05, 0.1) is 12.7 Å². The Balaban J connectivity index is 1.96. The van der Waals surface area contributed by atoms with E-state index in [0.717, 1.165) is 55.6 Å². The lowest BCUT2D eigenvalue weighted by Crippen LogP contribution is -2.39. The highest BCUT2D eigenvalue weighted by atomic mass is 16.5. The number of benzene rings is 1. The van der Waals surface area contributed by atoms with Gasteiger partial charge in [-0.3, -0.25) is 0 Å². The lowest BCUT2D eigenvalue weighted by molar-refractivity contribution is 0.101. The minimum Gasteiger partial charge on any atom is -0.493 e. The highest BCUT2D eigenvalue weighted by Gasteiger charge is 2.23. The number of nitrogens with zero attached hydrogens (tertiary/aromatic N) is 1. The number of hydrogen-bond acceptors (Lipinski definition) is 3. The average Bonchev–Trinajstić information content (AvgIpc) is 2.50. The van der Waals surface area contributed by atoms with Crippen LogP contribution in [0.2, 0.25) is 0 Å². The van der Waals surface area contributed by atoms with E-state index in [1.54, 1.807) is 0 Å². The molecule has 1 aliphatic heterocycles. The first-order valence-corrected chi connectivity index (χ1v) is 9.13. The molecule has 1 aromatic carbocycles. The molecule has 1 aromatic rings. The lowest BCUT2D eigenvalue weighted by atomic mass is 9.91. The number of aryl methyl sites for hydroxylation is 1. The van der Waals surface area contributed by atoms with Crippen molar-refractivity contribution in [2.24, 2.45) is 11.8 Å². The molecule has 3 unspecified atom stereocenters. The van der Waals surface area contributed by atoms with Crippen molar-refractivity contribution in [1.29, 1.82) is 0 Å². The molecular weight excluding hydrogens is 286 g/mol. The van der Waals surface area contributed by atoms with Gasteiger partial charge in [0.25, 0.3) is 0 Å². The summed E-state index contributed by atoms with van der Waals surface area (Å²) in [6.45, 7) is 12.8. The van der Waals surface area contributed by atoms with Crippen LogP contribution in [0.3, 0.4) is 0 Å². The molecule has 2 rings (SSSR count). The van der Waals surface area contributed by atoms with Gasteiger partial charge in [-0.05, 0) is 50.2 Å². The van der Waals surface area contributed by atoms with Gasteiger partial charge in [0.1, 0.15) is 5.75 Å². The first-order valence-electron chi connectivity index (χ1n) is 9.13. The number of aliphatic hydroxyl groups excluding tert-OH is 1. The lowest BCUT2D eigenvalue weighted by Gasteiger charge is -2.35. The van der Waals surface area contributed by atoms with Gasteiger partial charge in [-0.15, -0.1) is 0 Å². The fraction of sp³-hybridized carbons (Fsp3) is 0.700. The second-order valence-corrected chi connectivity index (χ2v) is 7.40. The van der Waals surface area contributed by atoms with Crippen molar-refractivity contribution in [1.82, 2.24) is 4.90 Å². The van der Waals surface area contributed by atoms with Crippen molar-refractivity contribution >= 4 is 0 Å². The molecule has 0 saturated carbocycles. The van der Waals surface area contributed by atoms with Crippen molar-refractivity contribution < 1.29 is 9.84 Å². The van der Waals surface area contributed by atoms with E-state index in [-0.39, 0.29) is 0 Å². The van der Waals surface area contributed by atoms with Crippen LogP contribution in [0.4, 0.5) is 0 Å². The van der Waals surface area contributed by atoms with Gasteiger partial charge in [-0.25, -0.2) is 0 Å². The molecule has 1 fully saturated rings. The van der Waals surface area contributed by atoms with E-state index in [1.165, 1.54) is 12.0 Å². The molecule has 1 aliphatic rings. The second-order valence-electron chi connectivity index (χ2n) is 7.40. The second kappa shape index (κ2) is 8.70. The van der Waals surface area contributed by atoms with Crippen LogP contribution in [-0.2, 0) is 0 Å². The molecular formula is C20H33NO2. The Hall–Kier alpha value is -1.06. The minimum absolute atomic E-state index is 0.450. The topological polar surface area (TPSA) is 32.7 Å². The SMILES string of the molecule is CCCOc1ccc(C)cc1C(O)CCN1CC(C)CC(C)C1. The van der Waals surface area contributed by atoms with Crippen molar-refractivity contribution in [3.05, 3.63) is 29.3 Å². The predicted molar refractivity (Wildman–Crippen MR) is 95.9 cm³/mol. The predicted octanol–water partition coefficient (Wildman–Crippen LogP) is 4.19. The maximum Gasteiger partial charge on any atom is 0.125 e. The van der Waals surface area contributed by atoms with Crippen LogP contribution >= 0.6 is 0 Å². The zero-order chi connectivity index (χ0) is 16.8. The van der Waals surface area contributed by atoms with Crippen molar-refractivity contribution in [2.75, 3.05) is 26.2 Å². The van der Waals surface area contributed by atoms with Crippen LogP contribution < -0.4 is 4.74 Å². The van der Waals surface area contributed by atoms with Gasteiger partial charge >= 0.3 is 0 Å². The van der Waals surface area contributed by atoms with E-state index < -0.39 is 6.10 Å². The summed E-state index contributed by atoms with van der Waals surface area (Å²) in [6.07, 6.45) is 2.62. The van der Waals surface area contributed by atoms with Crippen molar-refractivity contribution in [3.8, 4) is 5.75 Å². The molecule has 1 saturated heterocycles. The number of aliphatic hydroxyl groups is 1. The van der Waals surface area contributed by atoms with E-state index in [1.807, 2.05) is 6.07 Å². The van der Waals surface area contributed by atoms with E-state index in [9.17, 15) is 5.11 Å². The third-order valence-corrected chi connectivity index (χ3v) is 4.65. The molecule has 3 atom stereocenters. The maximum absolute atomic E-state index is 10.7. The molecule has 3 nitrogen and oxygen atoms in total. The summed E-state index contributed by atoms with van der Waals surface area (Å²) in [4.78, 5) is 2.50. The molecule has 1 N–H and O–H groups in total. The smallest absolute Gasteiger partial charge is 0.125 e. The van der Waals surface area contributed by atoms with Crippen LogP contribution in [0.1, 0.15) is 57.3 Å². The summed E-state index contributed by atoms with van der Waals surface area (Å²) in [6, 6.07) is 6.11. The molecule has 0 aliphatic carbocycles. The number of hydrogen-bond donors (Lipinski definition) is 1. The van der Waals surface area contributed by atoms with Crippen molar-refractivity contribution in [2.45, 2.75) is 53.1 Å². The third kappa shape index (κ3) is 5.50. The van der Waals surface area contributed by atoms with E-state index in [0.29, 0.717) is 6.61 Å². The fourth-order valence-electron chi connectivity index (χ4n) is 3.71. The summed E-state index contributed by atoms with van der Waals surface area (Å²) in [5, 5.41) is 10.7. The van der Waals surface area contributed by atoms with Gasteiger partial charge < -0.3 is 14.7 Å². The minimum atomic E-state index is -0.450. The summed E-state index contributed by atoms with van der Waals surface area (Å²) < 4.78 is 5.81. The van der Waals surface area contributed by atoms with Crippen LogP contribution in [0.25, 0.3) is 0 Å². The summed E-state index contributed by atoms with van der Waals surface area (Å²) >= 11 is 0. The number of likely N-dealkylation sites (tertiary alicyclic amines) is 1. The van der Waals surface area contributed by atoms with Gasteiger partial charge in [0, 0.05) is 25.2 Å². The van der Waals surface area contributed by atoms with Crippen LogP contribution in [0.5, 0.6) is 5.75 Å². The van der Waals surface area contributed by atoms with Crippen molar-refractivity contribution in [3.63, 3.8) is 0 Å². The molecule has 1 heterocycles. The number of rotatable bonds is 7.